The zero-order chi connectivity index (χ0) is 14.2. The lowest BCUT2D eigenvalue weighted by molar-refractivity contribution is 0.0438. The van der Waals surface area contributed by atoms with E-state index in [2.05, 4.69) is 31.0 Å². The molecule has 4 atom stereocenters. The fourth-order valence-corrected chi connectivity index (χ4v) is 4.66. The molecule has 0 spiro atoms. The van der Waals surface area contributed by atoms with Crippen molar-refractivity contribution in [1.82, 2.24) is 10.2 Å². The Morgan fingerprint density at radius 1 is 1.15 bits per heavy atom. The fraction of sp³-hybridized carbons (Fsp3) is 1.00. The van der Waals surface area contributed by atoms with Crippen LogP contribution in [0.2, 0.25) is 0 Å². The Kier molecular flexibility index (Phi) is 4.42. The maximum absolute atomic E-state index is 3.90. The van der Waals surface area contributed by atoms with E-state index in [-0.39, 0.29) is 0 Å². The first-order valence-electron chi connectivity index (χ1n) is 9.11. The summed E-state index contributed by atoms with van der Waals surface area (Å²) < 4.78 is 0. The summed E-state index contributed by atoms with van der Waals surface area (Å²) >= 11 is 0. The first-order valence-corrected chi connectivity index (χ1v) is 9.11. The van der Waals surface area contributed by atoms with Crippen molar-refractivity contribution >= 4 is 0 Å². The van der Waals surface area contributed by atoms with Crippen LogP contribution in [0.25, 0.3) is 0 Å². The van der Waals surface area contributed by atoms with Gasteiger partial charge in [0.05, 0.1) is 0 Å². The lowest BCUT2D eigenvalue weighted by Gasteiger charge is -2.48. The molecule has 2 nitrogen and oxygen atoms in total. The lowest BCUT2D eigenvalue weighted by Crippen LogP contribution is -2.64. The molecular weight excluding hydrogens is 244 g/mol. The minimum atomic E-state index is 0.406. The molecule has 0 radical (unpaired) electrons. The molecule has 1 heterocycles. The third-order valence-electron chi connectivity index (χ3n) is 6.50. The normalized spacial score (nSPS) is 43.6. The largest absolute Gasteiger partial charge is 0.308 e. The molecule has 1 saturated heterocycles. The van der Waals surface area contributed by atoms with Crippen molar-refractivity contribution in [3.63, 3.8) is 0 Å². The van der Waals surface area contributed by atoms with E-state index >= 15 is 0 Å². The summed E-state index contributed by atoms with van der Waals surface area (Å²) in [4.78, 5) is 2.86. The molecule has 0 aromatic heterocycles. The molecule has 3 rings (SSSR count). The Morgan fingerprint density at radius 2 is 1.90 bits per heavy atom. The topological polar surface area (TPSA) is 15.3 Å². The van der Waals surface area contributed by atoms with Crippen LogP contribution in [0.4, 0.5) is 0 Å². The third-order valence-corrected chi connectivity index (χ3v) is 6.50. The lowest BCUT2D eigenvalue weighted by atomic mass is 9.79. The van der Waals surface area contributed by atoms with E-state index in [0.717, 1.165) is 23.8 Å². The van der Waals surface area contributed by atoms with Crippen LogP contribution in [0.1, 0.15) is 65.7 Å². The molecule has 2 aliphatic carbocycles. The van der Waals surface area contributed by atoms with Gasteiger partial charge in [-0.05, 0) is 50.4 Å². The van der Waals surface area contributed by atoms with Crippen LogP contribution < -0.4 is 5.32 Å². The van der Waals surface area contributed by atoms with Gasteiger partial charge in [-0.3, -0.25) is 4.90 Å². The molecule has 1 N–H and O–H groups in total. The molecular formula is C18H34N2. The van der Waals surface area contributed by atoms with Gasteiger partial charge in [0.2, 0.25) is 0 Å². The summed E-state index contributed by atoms with van der Waals surface area (Å²) in [6.07, 6.45) is 10.1. The summed E-state index contributed by atoms with van der Waals surface area (Å²) in [5, 5.41) is 3.90. The van der Waals surface area contributed by atoms with Gasteiger partial charge < -0.3 is 5.32 Å². The van der Waals surface area contributed by atoms with Crippen LogP contribution in [0.5, 0.6) is 0 Å². The Bertz CT molecular complexity index is 325. The average molecular weight is 278 g/mol. The van der Waals surface area contributed by atoms with Gasteiger partial charge in [0, 0.05) is 31.2 Å². The number of nitrogens with one attached hydrogen (secondary N) is 1. The molecule has 3 aliphatic rings. The second-order valence-electron chi connectivity index (χ2n) is 8.09. The van der Waals surface area contributed by atoms with Gasteiger partial charge in [-0.1, -0.05) is 33.1 Å². The summed E-state index contributed by atoms with van der Waals surface area (Å²) in [6.45, 7) is 11.2. The number of rotatable bonds is 4. The van der Waals surface area contributed by atoms with Crippen LogP contribution in [0.15, 0.2) is 0 Å². The van der Waals surface area contributed by atoms with Crippen molar-refractivity contribution in [2.75, 3.05) is 19.6 Å². The first kappa shape index (κ1) is 14.8. The molecule has 2 heteroatoms. The summed E-state index contributed by atoms with van der Waals surface area (Å²) in [5.74, 6) is 2.86. The van der Waals surface area contributed by atoms with E-state index < -0.39 is 0 Å². The van der Waals surface area contributed by atoms with E-state index in [0.29, 0.717) is 5.54 Å². The van der Waals surface area contributed by atoms with Crippen molar-refractivity contribution in [2.45, 2.75) is 77.3 Å². The van der Waals surface area contributed by atoms with E-state index in [4.69, 9.17) is 0 Å². The van der Waals surface area contributed by atoms with Crippen molar-refractivity contribution in [3.8, 4) is 0 Å². The van der Waals surface area contributed by atoms with Gasteiger partial charge in [0.15, 0.2) is 0 Å². The number of piperazine rings is 1. The van der Waals surface area contributed by atoms with Gasteiger partial charge in [-0.2, -0.15) is 0 Å². The smallest absolute Gasteiger partial charge is 0.0309 e. The zero-order valence-corrected chi connectivity index (χ0v) is 13.8. The van der Waals surface area contributed by atoms with E-state index in [1.54, 1.807) is 0 Å². The van der Waals surface area contributed by atoms with Gasteiger partial charge in [0.25, 0.3) is 0 Å². The molecule has 3 fully saturated rings. The highest BCUT2D eigenvalue weighted by molar-refractivity contribution is 5.04. The van der Waals surface area contributed by atoms with Crippen LogP contribution in [0, 0.1) is 17.8 Å². The van der Waals surface area contributed by atoms with Gasteiger partial charge in [-0.25, -0.2) is 0 Å². The number of hydrogen-bond donors (Lipinski definition) is 1. The van der Waals surface area contributed by atoms with Crippen LogP contribution in [-0.4, -0.2) is 36.1 Å². The first-order chi connectivity index (χ1) is 9.62. The van der Waals surface area contributed by atoms with E-state index in [9.17, 15) is 0 Å². The van der Waals surface area contributed by atoms with Gasteiger partial charge in [0.1, 0.15) is 0 Å². The highest BCUT2D eigenvalue weighted by atomic mass is 15.3. The van der Waals surface area contributed by atoms with Crippen LogP contribution in [0.3, 0.4) is 0 Å². The summed E-state index contributed by atoms with van der Waals surface area (Å²) in [7, 11) is 0. The molecule has 4 unspecified atom stereocenters. The predicted molar refractivity (Wildman–Crippen MR) is 85.9 cm³/mol. The fourth-order valence-electron chi connectivity index (χ4n) is 4.66. The molecule has 1 aliphatic heterocycles. The summed E-state index contributed by atoms with van der Waals surface area (Å²) in [5.41, 5.74) is 0.406. The molecule has 0 aromatic carbocycles. The van der Waals surface area contributed by atoms with Crippen molar-refractivity contribution in [2.24, 2.45) is 17.8 Å². The standard InChI is InChI=1S/C18H34N2/c1-4-17-11-19-18(3,16-9-10-16)13-20(17)12-15-8-6-5-7-14(15)2/h14-17,19H,4-13H2,1-3H3. The second kappa shape index (κ2) is 5.96. The average Bonchev–Trinajstić information content (AvgIpc) is 3.27. The Balaban J connectivity index is 1.64. The molecule has 0 amide bonds. The molecule has 20 heavy (non-hydrogen) atoms. The zero-order valence-electron chi connectivity index (χ0n) is 13.8. The highest BCUT2D eigenvalue weighted by Crippen LogP contribution is 2.42. The Labute approximate surface area is 125 Å². The number of hydrogen-bond acceptors (Lipinski definition) is 2. The monoisotopic (exact) mass is 278 g/mol. The Morgan fingerprint density at radius 3 is 2.55 bits per heavy atom. The molecule has 2 saturated carbocycles. The maximum atomic E-state index is 3.90. The minimum absolute atomic E-state index is 0.406. The molecule has 0 aromatic rings. The van der Waals surface area contributed by atoms with E-state index in [1.807, 2.05) is 0 Å². The Hall–Kier alpha value is -0.0800. The summed E-state index contributed by atoms with van der Waals surface area (Å²) in [6, 6.07) is 0.774. The minimum Gasteiger partial charge on any atom is -0.308 e. The van der Waals surface area contributed by atoms with Crippen molar-refractivity contribution in [3.05, 3.63) is 0 Å². The second-order valence-corrected chi connectivity index (χ2v) is 8.09. The maximum Gasteiger partial charge on any atom is 0.0309 e. The van der Waals surface area contributed by atoms with Crippen LogP contribution >= 0.6 is 0 Å². The predicted octanol–water partition coefficient (Wildman–Crippen LogP) is 3.67. The highest BCUT2D eigenvalue weighted by Gasteiger charge is 2.46. The van der Waals surface area contributed by atoms with Crippen LogP contribution in [-0.2, 0) is 0 Å². The van der Waals surface area contributed by atoms with Gasteiger partial charge >= 0.3 is 0 Å². The van der Waals surface area contributed by atoms with Gasteiger partial charge in [-0.15, -0.1) is 0 Å². The van der Waals surface area contributed by atoms with Crippen molar-refractivity contribution < 1.29 is 0 Å². The SMILES string of the molecule is CCC1CNC(C)(C2CC2)CN1CC1CCCCC1C. The third kappa shape index (κ3) is 3.06. The quantitative estimate of drug-likeness (QED) is 0.844. The number of nitrogens with zero attached hydrogens (tertiary/aromatic N) is 1. The molecule has 0 bridgehead atoms. The molecule has 116 valence electrons. The van der Waals surface area contributed by atoms with E-state index in [1.165, 1.54) is 64.6 Å². The van der Waals surface area contributed by atoms with Crippen molar-refractivity contribution in [1.29, 1.82) is 0 Å².